The van der Waals surface area contributed by atoms with Crippen LogP contribution < -0.4 is 15.9 Å². The van der Waals surface area contributed by atoms with Crippen molar-refractivity contribution < 1.29 is 4.79 Å². The first-order chi connectivity index (χ1) is 14.7. The minimum atomic E-state index is -2.36. The van der Waals surface area contributed by atoms with E-state index in [1.165, 1.54) is 0 Å². The Bertz CT molecular complexity index is 1150. The second-order valence-electron chi connectivity index (χ2n) is 6.92. The van der Waals surface area contributed by atoms with Crippen LogP contribution in [0.4, 0.5) is 0 Å². The SMILES string of the molecule is N#Cc1cccc(C(=O)C=P(c2ccccc2)(c2ccccc2)c2ccccc2)c1. The van der Waals surface area contributed by atoms with Crippen LogP contribution in [0.2, 0.25) is 0 Å². The van der Waals surface area contributed by atoms with E-state index in [4.69, 9.17) is 0 Å². The predicted molar refractivity (Wildman–Crippen MR) is 127 cm³/mol. The summed E-state index contributed by atoms with van der Waals surface area (Å²) in [6.45, 7) is -2.36. The monoisotopic (exact) mass is 405 g/mol. The molecule has 0 saturated heterocycles. The van der Waals surface area contributed by atoms with Crippen molar-refractivity contribution in [2.24, 2.45) is 0 Å². The molecule has 4 aromatic carbocycles. The molecule has 0 aliphatic carbocycles. The number of nitrogens with zero attached hydrogens (tertiary/aromatic N) is 1. The maximum absolute atomic E-state index is 13.5. The van der Waals surface area contributed by atoms with Gasteiger partial charge in [-0.05, 0) is 40.7 Å². The van der Waals surface area contributed by atoms with Gasteiger partial charge < -0.3 is 0 Å². The first kappa shape index (κ1) is 19.6. The molecule has 0 spiro atoms. The lowest BCUT2D eigenvalue weighted by molar-refractivity contribution is 0.107. The van der Waals surface area contributed by atoms with Crippen molar-refractivity contribution in [1.29, 1.82) is 5.26 Å². The first-order valence-corrected chi connectivity index (χ1v) is 11.6. The van der Waals surface area contributed by atoms with Gasteiger partial charge in [-0.2, -0.15) is 5.26 Å². The fraction of sp³-hybridized carbons (Fsp3) is 0. The Balaban J connectivity index is 2.06. The zero-order valence-electron chi connectivity index (χ0n) is 16.3. The zero-order chi connectivity index (χ0) is 20.8. The van der Waals surface area contributed by atoms with Crippen LogP contribution in [-0.2, 0) is 0 Å². The van der Waals surface area contributed by atoms with Crippen molar-refractivity contribution in [2.75, 3.05) is 0 Å². The molecule has 0 saturated carbocycles. The largest absolute Gasteiger partial charge is 0.289 e. The van der Waals surface area contributed by atoms with Crippen molar-refractivity contribution in [3.05, 3.63) is 126 Å². The van der Waals surface area contributed by atoms with Crippen LogP contribution in [0, 0.1) is 11.3 Å². The molecule has 0 heterocycles. The van der Waals surface area contributed by atoms with Gasteiger partial charge in [-0.25, -0.2) is 0 Å². The molecular formula is C27H20NOP. The first-order valence-electron chi connectivity index (χ1n) is 9.70. The van der Waals surface area contributed by atoms with E-state index in [-0.39, 0.29) is 5.78 Å². The molecule has 4 aromatic rings. The van der Waals surface area contributed by atoms with Gasteiger partial charge in [0.1, 0.15) is 0 Å². The summed E-state index contributed by atoms with van der Waals surface area (Å²) in [7, 11) is 0. The maximum Gasteiger partial charge on any atom is 0.186 e. The summed E-state index contributed by atoms with van der Waals surface area (Å²) in [4.78, 5) is 13.5. The summed E-state index contributed by atoms with van der Waals surface area (Å²) in [5.74, 6) is 1.82. The van der Waals surface area contributed by atoms with Gasteiger partial charge in [0.05, 0.1) is 11.6 Å². The average molecular weight is 405 g/mol. The topological polar surface area (TPSA) is 40.9 Å². The van der Waals surface area contributed by atoms with Gasteiger partial charge in [-0.15, -0.1) is 0 Å². The summed E-state index contributed by atoms with van der Waals surface area (Å²) in [5.41, 5.74) is 1.01. The number of ketones is 1. The Hall–Kier alpha value is -3.66. The van der Waals surface area contributed by atoms with Crippen molar-refractivity contribution in [2.45, 2.75) is 0 Å². The molecule has 30 heavy (non-hydrogen) atoms. The third kappa shape index (κ3) is 3.77. The number of benzene rings is 4. The number of carbonyl (C=O) groups excluding carboxylic acids is 1. The van der Waals surface area contributed by atoms with Crippen LogP contribution in [0.15, 0.2) is 115 Å². The van der Waals surface area contributed by atoms with Crippen molar-refractivity contribution in [1.82, 2.24) is 0 Å². The van der Waals surface area contributed by atoms with Crippen molar-refractivity contribution in [3.63, 3.8) is 0 Å². The molecule has 4 rings (SSSR count). The van der Waals surface area contributed by atoms with Crippen LogP contribution in [-0.4, -0.2) is 11.6 Å². The van der Waals surface area contributed by atoms with E-state index in [2.05, 4.69) is 42.5 Å². The fourth-order valence-corrected chi connectivity index (χ4v) is 7.42. The fourth-order valence-electron chi connectivity index (χ4n) is 3.65. The van der Waals surface area contributed by atoms with Crippen LogP contribution >= 0.6 is 6.89 Å². The summed E-state index contributed by atoms with van der Waals surface area (Å²) < 4.78 is 0. The zero-order valence-corrected chi connectivity index (χ0v) is 17.2. The molecule has 0 atom stereocenters. The van der Waals surface area contributed by atoms with Gasteiger partial charge in [-0.1, -0.05) is 103 Å². The predicted octanol–water partition coefficient (Wildman–Crippen LogP) is 4.54. The van der Waals surface area contributed by atoms with Crippen LogP contribution in [0.5, 0.6) is 0 Å². The summed E-state index contributed by atoms with van der Waals surface area (Å²) in [5, 5.41) is 12.6. The molecular weight excluding hydrogens is 385 g/mol. The molecule has 0 radical (unpaired) electrons. The summed E-state index contributed by atoms with van der Waals surface area (Å²) in [6.07, 6.45) is 0. The molecule has 0 amide bonds. The normalized spacial score (nSPS) is 10.8. The van der Waals surface area contributed by atoms with Crippen LogP contribution in [0.25, 0.3) is 0 Å². The van der Waals surface area contributed by atoms with E-state index in [0.717, 1.165) is 15.9 Å². The maximum atomic E-state index is 13.5. The van der Waals surface area contributed by atoms with Crippen molar-refractivity contribution >= 4 is 34.4 Å². The molecule has 0 fully saturated rings. The minimum Gasteiger partial charge on any atom is -0.289 e. The Labute approximate surface area is 177 Å². The molecule has 0 unspecified atom stereocenters. The second kappa shape index (κ2) is 8.78. The molecule has 0 aromatic heterocycles. The van der Waals surface area contributed by atoms with Gasteiger partial charge >= 0.3 is 0 Å². The van der Waals surface area contributed by atoms with E-state index in [1.54, 1.807) is 24.3 Å². The second-order valence-corrected chi connectivity index (χ2v) is 10.2. The molecule has 0 bridgehead atoms. The lowest BCUT2D eigenvalue weighted by atomic mass is 10.1. The number of Topliss-reactive ketones (excluding diaryl/α,β-unsaturated/α-hetero) is 1. The lowest BCUT2D eigenvalue weighted by Crippen LogP contribution is -2.28. The Kier molecular flexibility index (Phi) is 5.75. The van der Waals surface area contributed by atoms with Gasteiger partial charge in [0.25, 0.3) is 0 Å². The highest BCUT2D eigenvalue weighted by molar-refractivity contribution is 7.95. The minimum absolute atomic E-state index is 0.0722. The standard InChI is InChI=1S/C27H20NOP/c28-20-22-11-10-12-23(19-22)27(29)21-30(24-13-4-1-5-14-24,25-15-6-2-7-16-25)26-17-8-3-9-18-26/h1-19,21H. The lowest BCUT2D eigenvalue weighted by Gasteiger charge is -2.28. The molecule has 144 valence electrons. The Morgan fingerprint density at radius 1 is 0.667 bits per heavy atom. The van der Waals surface area contributed by atoms with Gasteiger partial charge in [0.2, 0.25) is 0 Å². The molecule has 0 aliphatic rings. The number of carbonyl (C=O) groups is 1. The highest BCUT2D eigenvalue weighted by Crippen LogP contribution is 2.43. The van der Waals surface area contributed by atoms with Gasteiger partial charge in [0.15, 0.2) is 5.78 Å². The Morgan fingerprint density at radius 3 is 1.57 bits per heavy atom. The van der Waals surface area contributed by atoms with Gasteiger partial charge in [-0.3, -0.25) is 4.79 Å². The summed E-state index contributed by atoms with van der Waals surface area (Å²) >= 11 is 0. The highest BCUT2D eigenvalue weighted by atomic mass is 31.2. The quantitative estimate of drug-likeness (QED) is 0.361. The van der Waals surface area contributed by atoms with E-state index in [1.807, 2.05) is 60.4 Å². The third-order valence-corrected chi connectivity index (χ3v) is 9.04. The number of hydrogen-bond donors (Lipinski definition) is 0. The highest BCUT2D eigenvalue weighted by Gasteiger charge is 2.26. The number of hydrogen-bond acceptors (Lipinski definition) is 2. The molecule has 3 heteroatoms. The number of nitriles is 1. The van der Waals surface area contributed by atoms with Crippen molar-refractivity contribution in [3.8, 4) is 6.07 Å². The van der Waals surface area contributed by atoms with E-state index in [0.29, 0.717) is 11.1 Å². The Morgan fingerprint density at radius 2 is 1.13 bits per heavy atom. The molecule has 0 aliphatic heterocycles. The number of rotatable bonds is 5. The third-order valence-electron chi connectivity index (χ3n) is 5.08. The average Bonchev–Trinajstić information content (AvgIpc) is 2.84. The van der Waals surface area contributed by atoms with E-state index >= 15 is 0 Å². The van der Waals surface area contributed by atoms with E-state index in [9.17, 15) is 10.1 Å². The molecule has 0 N–H and O–H groups in total. The van der Waals surface area contributed by atoms with E-state index < -0.39 is 6.89 Å². The van der Waals surface area contributed by atoms with Gasteiger partial charge in [0, 0.05) is 5.56 Å². The summed E-state index contributed by atoms with van der Waals surface area (Å²) in [6, 6.07) is 39.7. The van der Waals surface area contributed by atoms with Crippen LogP contribution in [0.3, 0.4) is 0 Å². The van der Waals surface area contributed by atoms with Crippen LogP contribution in [0.1, 0.15) is 15.9 Å². The molecule has 2 nitrogen and oxygen atoms in total. The smallest absolute Gasteiger partial charge is 0.186 e.